The molecule has 1 aromatic carbocycles. The summed E-state index contributed by atoms with van der Waals surface area (Å²) in [6, 6.07) is 5.60. The number of pyridine rings is 1. The number of benzene rings is 1. The number of hydrogen-bond donors (Lipinski definition) is 1. The van der Waals surface area contributed by atoms with E-state index in [1.54, 1.807) is 7.11 Å². The zero-order valence-electron chi connectivity index (χ0n) is 19.9. The molecule has 0 saturated heterocycles. The van der Waals surface area contributed by atoms with Crippen LogP contribution < -0.4 is 9.62 Å². The molecule has 182 valence electrons. The van der Waals surface area contributed by atoms with Gasteiger partial charge >= 0.3 is 0 Å². The fourth-order valence-corrected chi connectivity index (χ4v) is 5.28. The third-order valence-corrected chi connectivity index (χ3v) is 7.34. The number of aromatic nitrogens is 1. The lowest BCUT2D eigenvalue weighted by Crippen LogP contribution is -2.55. The number of nitrogens with one attached hydrogen (secondary N) is 1. The van der Waals surface area contributed by atoms with Gasteiger partial charge in [0, 0.05) is 38.5 Å². The summed E-state index contributed by atoms with van der Waals surface area (Å²) in [5, 5.41) is 0. The SMILES string of the molecule is CCc1c(N(C)CCC2CCC2(CN(C)C)OC)cc(F)c(SNc2cccc(F)n2)c1F. The Bertz CT molecular complexity index is 958. The topological polar surface area (TPSA) is 40.6 Å². The molecule has 0 aliphatic heterocycles. The van der Waals surface area contributed by atoms with Crippen molar-refractivity contribution in [2.45, 2.75) is 43.1 Å². The van der Waals surface area contributed by atoms with Crippen molar-refractivity contribution < 1.29 is 17.9 Å². The summed E-state index contributed by atoms with van der Waals surface area (Å²) in [6.07, 6.45) is 3.42. The first-order valence-electron chi connectivity index (χ1n) is 11.2. The van der Waals surface area contributed by atoms with Crippen molar-refractivity contribution in [3.8, 4) is 0 Å². The maximum absolute atomic E-state index is 15.3. The second kappa shape index (κ2) is 11.0. The molecule has 2 unspecified atom stereocenters. The Morgan fingerprint density at radius 2 is 2.00 bits per heavy atom. The van der Waals surface area contributed by atoms with Gasteiger partial charge < -0.3 is 19.3 Å². The number of rotatable bonds is 11. The summed E-state index contributed by atoms with van der Waals surface area (Å²) in [4.78, 5) is 7.58. The van der Waals surface area contributed by atoms with Crippen molar-refractivity contribution in [2.24, 2.45) is 5.92 Å². The first kappa shape index (κ1) is 25.6. The fraction of sp³-hybridized carbons (Fsp3) is 0.542. The monoisotopic (exact) mass is 482 g/mol. The van der Waals surface area contributed by atoms with E-state index in [9.17, 15) is 8.78 Å². The molecule has 1 fully saturated rings. The minimum absolute atomic E-state index is 0.147. The van der Waals surface area contributed by atoms with Crippen LogP contribution in [0.25, 0.3) is 0 Å². The number of likely N-dealkylation sites (N-methyl/N-ethyl adjacent to an activating group) is 1. The predicted octanol–water partition coefficient (Wildman–Crippen LogP) is 5.36. The summed E-state index contributed by atoms with van der Waals surface area (Å²) >= 11 is 0.756. The lowest BCUT2D eigenvalue weighted by molar-refractivity contribution is -0.136. The van der Waals surface area contributed by atoms with E-state index in [0.717, 1.165) is 37.8 Å². The molecule has 3 rings (SSSR count). The first-order valence-corrected chi connectivity index (χ1v) is 12.0. The highest BCUT2D eigenvalue weighted by Crippen LogP contribution is 2.44. The lowest BCUT2D eigenvalue weighted by Gasteiger charge is -2.50. The Labute approximate surface area is 198 Å². The molecule has 5 nitrogen and oxygen atoms in total. The van der Waals surface area contributed by atoms with Crippen LogP contribution in [0.3, 0.4) is 0 Å². The third-order valence-electron chi connectivity index (χ3n) is 6.45. The van der Waals surface area contributed by atoms with Crippen molar-refractivity contribution >= 4 is 23.5 Å². The first-order chi connectivity index (χ1) is 15.7. The zero-order chi connectivity index (χ0) is 24.2. The van der Waals surface area contributed by atoms with Crippen LogP contribution in [-0.2, 0) is 11.2 Å². The van der Waals surface area contributed by atoms with E-state index in [4.69, 9.17) is 4.74 Å². The zero-order valence-corrected chi connectivity index (χ0v) is 20.7. The van der Waals surface area contributed by atoms with Gasteiger partial charge in [-0.1, -0.05) is 13.0 Å². The molecule has 0 amide bonds. The van der Waals surface area contributed by atoms with Crippen LogP contribution >= 0.6 is 11.9 Å². The van der Waals surface area contributed by atoms with Gasteiger partial charge in [-0.2, -0.15) is 4.39 Å². The molecule has 33 heavy (non-hydrogen) atoms. The van der Waals surface area contributed by atoms with Crippen LogP contribution in [0.4, 0.5) is 24.7 Å². The minimum atomic E-state index is -0.665. The normalized spacial score (nSPS) is 20.1. The summed E-state index contributed by atoms with van der Waals surface area (Å²) in [6.45, 7) is 3.39. The average molecular weight is 483 g/mol. The molecular weight excluding hydrogens is 449 g/mol. The lowest BCUT2D eigenvalue weighted by atomic mass is 9.67. The number of ether oxygens (including phenoxy) is 1. The molecule has 1 aliphatic rings. The van der Waals surface area contributed by atoms with E-state index in [-0.39, 0.29) is 16.3 Å². The van der Waals surface area contributed by atoms with Crippen molar-refractivity contribution in [2.75, 3.05) is 51.0 Å². The van der Waals surface area contributed by atoms with Gasteiger partial charge in [-0.05, 0) is 75.8 Å². The molecule has 0 radical (unpaired) electrons. The van der Waals surface area contributed by atoms with Crippen LogP contribution in [0.5, 0.6) is 0 Å². The Morgan fingerprint density at radius 1 is 1.24 bits per heavy atom. The quantitative estimate of drug-likeness (QED) is 0.343. The Kier molecular flexibility index (Phi) is 8.53. The van der Waals surface area contributed by atoms with E-state index in [1.807, 2.05) is 33.0 Å². The van der Waals surface area contributed by atoms with Crippen molar-refractivity contribution in [3.05, 3.63) is 47.4 Å². The van der Waals surface area contributed by atoms with E-state index < -0.39 is 17.6 Å². The molecule has 1 heterocycles. The number of anilines is 2. The van der Waals surface area contributed by atoms with Gasteiger partial charge in [-0.15, -0.1) is 0 Å². The second-order valence-electron chi connectivity index (χ2n) is 8.85. The largest absolute Gasteiger partial charge is 0.377 e. The van der Waals surface area contributed by atoms with Gasteiger partial charge in [-0.25, -0.2) is 13.8 Å². The summed E-state index contributed by atoms with van der Waals surface area (Å²) in [7, 11) is 7.72. The molecule has 2 atom stereocenters. The van der Waals surface area contributed by atoms with Crippen LogP contribution in [0.2, 0.25) is 0 Å². The number of methoxy groups -OCH3 is 1. The summed E-state index contributed by atoms with van der Waals surface area (Å²) in [5.74, 6) is -1.33. The number of hydrogen-bond acceptors (Lipinski definition) is 6. The van der Waals surface area contributed by atoms with Crippen molar-refractivity contribution in [3.63, 3.8) is 0 Å². The second-order valence-corrected chi connectivity index (χ2v) is 9.67. The molecule has 9 heteroatoms. The highest BCUT2D eigenvalue weighted by atomic mass is 32.2. The number of nitrogens with zero attached hydrogens (tertiary/aromatic N) is 3. The van der Waals surface area contributed by atoms with E-state index in [0.29, 0.717) is 30.1 Å². The molecule has 1 aromatic heterocycles. The van der Waals surface area contributed by atoms with Crippen molar-refractivity contribution in [1.82, 2.24) is 9.88 Å². The van der Waals surface area contributed by atoms with E-state index in [2.05, 4.69) is 14.6 Å². The van der Waals surface area contributed by atoms with Crippen LogP contribution in [0, 0.1) is 23.5 Å². The average Bonchev–Trinajstić information content (AvgIpc) is 2.76. The van der Waals surface area contributed by atoms with Gasteiger partial charge in [0.2, 0.25) is 5.95 Å². The summed E-state index contributed by atoms with van der Waals surface area (Å²) < 4.78 is 52.1. The highest BCUT2D eigenvalue weighted by molar-refractivity contribution is 8.00. The molecule has 1 saturated carbocycles. The van der Waals surface area contributed by atoms with Crippen LogP contribution in [0.15, 0.2) is 29.2 Å². The smallest absolute Gasteiger partial charge is 0.214 e. The van der Waals surface area contributed by atoms with E-state index in [1.165, 1.54) is 24.3 Å². The molecule has 1 N–H and O–H groups in total. The third kappa shape index (κ3) is 5.75. The Hall–Kier alpha value is -1.97. The number of halogens is 3. The predicted molar refractivity (Wildman–Crippen MR) is 128 cm³/mol. The Balaban J connectivity index is 1.72. The standard InChI is InChI=1S/C24H33F3N4OS/c1-6-17-19(31(4)13-11-16-10-12-24(16,32-5)15-30(2)3)14-18(25)23(22(17)27)33-29-21-9-7-8-20(26)28-21/h7-9,14,16H,6,10-13,15H2,1-5H3,(H,28,29). The molecule has 1 aliphatic carbocycles. The van der Waals surface area contributed by atoms with Crippen LogP contribution in [0.1, 0.15) is 31.7 Å². The summed E-state index contributed by atoms with van der Waals surface area (Å²) in [5.41, 5.74) is 0.858. The van der Waals surface area contributed by atoms with Gasteiger partial charge in [0.1, 0.15) is 22.3 Å². The fourth-order valence-electron chi connectivity index (χ4n) is 4.59. The highest BCUT2D eigenvalue weighted by Gasteiger charge is 2.47. The van der Waals surface area contributed by atoms with Gasteiger partial charge in [0.25, 0.3) is 0 Å². The molecule has 2 aromatic rings. The van der Waals surface area contributed by atoms with Gasteiger partial charge in [-0.3, -0.25) is 0 Å². The van der Waals surface area contributed by atoms with Crippen molar-refractivity contribution in [1.29, 1.82) is 0 Å². The Morgan fingerprint density at radius 3 is 2.58 bits per heavy atom. The minimum Gasteiger partial charge on any atom is -0.377 e. The maximum atomic E-state index is 15.3. The van der Waals surface area contributed by atoms with E-state index >= 15 is 4.39 Å². The maximum Gasteiger partial charge on any atom is 0.214 e. The van der Waals surface area contributed by atoms with Crippen LogP contribution in [-0.4, -0.2) is 56.8 Å². The molecular formula is C24H33F3N4OS. The molecule has 0 bridgehead atoms. The molecule has 0 spiro atoms. The van der Waals surface area contributed by atoms with Gasteiger partial charge in [0.15, 0.2) is 0 Å². The van der Waals surface area contributed by atoms with Gasteiger partial charge in [0.05, 0.1) is 5.60 Å².